The average molecular weight is 291 g/mol. The SMILES string of the molecule is C=C/C(=C\C=C/C)N(c1ccc(C)c(C)c1)S(C)(=O)=O. The average Bonchev–Trinajstić information content (AvgIpc) is 2.36. The van der Waals surface area contributed by atoms with E-state index in [9.17, 15) is 8.42 Å². The van der Waals surface area contributed by atoms with Gasteiger partial charge in [0.25, 0.3) is 0 Å². The highest BCUT2D eigenvalue weighted by Gasteiger charge is 2.20. The third-order valence-electron chi connectivity index (χ3n) is 2.96. The minimum absolute atomic E-state index is 0.522. The van der Waals surface area contributed by atoms with Crippen molar-refractivity contribution in [3.8, 4) is 0 Å². The zero-order valence-electron chi connectivity index (χ0n) is 12.4. The Hall–Kier alpha value is -1.81. The summed E-state index contributed by atoms with van der Waals surface area (Å²) in [4.78, 5) is 0. The normalized spacial score (nSPS) is 12.7. The Labute approximate surface area is 122 Å². The molecule has 0 fully saturated rings. The number of benzene rings is 1. The van der Waals surface area contributed by atoms with Crippen LogP contribution in [0.3, 0.4) is 0 Å². The van der Waals surface area contributed by atoms with Gasteiger partial charge in [0.05, 0.1) is 17.6 Å². The molecule has 0 unspecified atom stereocenters. The Bertz CT molecular complexity index is 655. The topological polar surface area (TPSA) is 37.4 Å². The minimum Gasteiger partial charge on any atom is -0.239 e. The lowest BCUT2D eigenvalue weighted by atomic mass is 10.1. The van der Waals surface area contributed by atoms with E-state index in [4.69, 9.17) is 0 Å². The molecule has 1 aromatic carbocycles. The monoisotopic (exact) mass is 291 g/mol. The molecule has 0 amide bonds. The molecule has 0 aliphatic rings. The van der Waals surface area contributed by atoms with Crippen molar-refractivity contribution in [1.82, 2.24) is 0 Å². The van der Waals surface area contributed by atoms with E-state index in [0.717, 1.165) is 11.1 Å². The second-order valence-corrected chi connectivity index (χ2v) is 6.45. The highest BCUT2D eigenvalue weighted by molar-refractivity contribution is 7.92. The van der Waals surface area contributed by atoms with Crippen LogP contribution in [0.1, 0.15) is 18.1 Å². The molecule has 0 saturated heterocycles. The minimum atomic E-state index is -3.43. The number of nitrogens with zero attached hydrogens (tertiary/aromatic N) is 1. The summed E-state index contributed by atoms with van der Waals surface area (Å²) >= 11 is 0. The maximum atomic E-state index is 12.1. The van der Waals surface area contributed by atoms with Crippen LogP contribution in [0.15, 0.2) is 54.8 Å². The Morgan fingerprint density at radius 1 is 1.25 bits per heavy atom. The lowest BCUT2D eigenvalue weighted by Crippen LogP contribution is -2.28. The number of anilines is 1. The van der Waals surface area contributed by atoms with Gasteiger partial charge in [-0.1, -0.05) is 24.8 Å². The molecule has 0 heterocycles. The number of aryl methyl sites for hydroxylation is 2. The van der Waals surface area contributed by atoms with Crippen LogP contribution in [0.25, 0.3) is 0 Å². The van der Waals surface area contributed by atoms with E-state index < -0.39 is 10.0 Å². The molecule has 0 saturated carbocycles. The summed E-state index contributed by atoms with van der Waals surface area (Å²) in [6.07, 6.45) is 8.08. The summed E-state index contributed by atoms with van der Waals surface area (Å²) in [5.74, 6) is 0. The van der Waals surface area contributed by atoms with Crippen molar-refractivity contribution >= 4 is 15.7 Å². The lowest BCUT2D eigenvalue weighted by Gasteiger charge is -2.24. The fraction of sp³-hybridized carbons (Fsp3) is 0.250. The van der Waals surface area contributed by atoms with Crippen molar-refractivity contribution in [2.45, 2.75) is 20.8 Å². The van der Waals surface area contributed by atoms with Gasteiger partial charge in [0.1, 0.15) is 0 Å². The van der Waals surface area contributed by atoms with E-state index >= 15 is 0 Å². The first-order valence-corrected chi connectivity index (χ1v) is 8.19. The molecule has 1 aromatic rings. The predicted octanol–water partition coefficient (Wildman–Crippen LogP) is 3.72. The van der Waals surface area contributed by atoms with Gasteiger partial charge in [-0.3, -0.25) is 0 Å². The fourth-order valence-electron chi connectivity index (χ4n) is 1.80. The van der Waals surface area contributed by atoms with Crippen LogP contribution in [-0.4, -0.2) is 14.7 Å². The van der Waals surface area contributed by atoms with Gasteiger partial charge >= 0.3 is 0 Å². The predicted molar refractivity (Wildman–Crippen MR) is 86.3 cm³/mol. The van der Waals surface area contributed by atoms with E-state index in [1.165, 1.54) is 16.6 Å². The van der Waals surface area contributed by atoms with Gasteiger partial charge in [-0.15, -0.1) is 0 Å². The summed E-state index contributed by atoms with van der Waals surface area (Å²) in [6, 6.07) is 5.58. The molecule has 0 aliphatic heterocycles. The van der Waals surface area contributed by atoms with E-state index in [0.29, 0.717) is 11.4 Å². The molecule has 0 N–H and O–H groups in total. The van der Waals surface area contributed by atoms with Crippen molar-refractivity contribution in [3.05, 3.63) is 65.9 Å². The maximum Gasteiger partial charge on any atom is 0.236 e. The third-order valence-corrected chi connectivity index (χ3v) is 4.04. The molecular formula is C16H21NO2S. The van der Waals surface area contributed by atoms with Crippen LogP contribution < -0.4 is 4.31 Å². The fourth-order valence-corrected chi connectivity index (χ4v) is 2.81. The van der Waals surface area contributed by atoms with Gasteiger partial charge in [-0.2, -0.15) is 0 Å². The number of hydrogen-bond acceptors (Lipinski definition) is 2. The van der Waals surface area contributed by atoms with Crippen LogP contribution in [0.5, 0.6) is 0 Å². The van der Waals surface area contributed by atoms with E-state index in [-0.39, 0.29) is 0 Å². The quantitative estimate of drug-likeness (QED) is 0.775. The molecule has 0 radical (unpaired) electrons. The second kappa shape index (κ2) is 6.57. The van der Waals surface area contributed by atoms with Gasteiger partial charge in [0.15, 0.2) is 0 Å². The van der Waals surface area contributed by atoms with Crippen LogP contribution in [-0.2, 0) is 10.0 Å². The Morgan fingerprint density at radius 2 is 1.90 bits per heavy atom. The van der Waals surface area contributed by atoms with E-state index in [1.54, 1.807) is 18.2 Å². The zero-order valence-corrected chi connectivity index (χ0v) is 13.2. The number of allylic oxidation sites excluding steroid dienone is 4. The molecule has 3 nitrogen and oxygen atoms in total. The summed E-state index contributed by atoms with van der Waals surface area (Å²) in [7, 11) is -3.43. The summed E-state index contributed by atoms with van der Waals surface area (Å²) in [5, 5.41) is 0. The number of sulfonamides is 1. The van der Waals surface area contributed by atoms with Crippen LogP contribution in [0.2, 0.25) is 0 Å². The van der Waals surface area contributed by atoms with Crippen molar-refractivity contribution < 1.29 is 8.42 Å². The molecule has 0 spiro atoms. The van der Waals surface area contributed by atoms with Gasteiger partial charge in [0.2, 0.25) is 10.0 Å². The highest BCUT2D eigenvalue weighted by Crippen LogP contribution is 2.25. The zero-order chi connectivity index (χ0) is 15.3. The Kier molecular flexibility index (Phi) is 5.34. The molecule has 0 aromatic heterocycles. The van der Waals surface area contributed by atoms with Gasteiger partial charge < -0.3 is 0 Å². The first kappa shape index (κ1) is 16.2. The second-order valence-electron chi connectivity index (χ2n) is 4.62. The number of hydrogen-bond donors (Lipinski definition) is 0. The maximum absolute atomic E-state index is 12.1. The highest BCUT2D eigenvalue weighted by atomic mass is 32.2. The first-order chi connectivity index (χ1) is 9.31. The third kappa shape index (κ3) is 3.84. The van der Waals surface area contributed by atoms with Crippen molar-refractivity contribution in [2.75, 3.05) is 10.6 Å². The molecule has 0 aliphatic carbocycles. The van der Waals surface area contributed by atoms with Crippen molar-refractivity contribution in [3.63, 3.8) is 0 Å². The molecule has 20 heavy (non-hydrogen) atoms. The van der Waals surface area contributed by atoms with Gasteiger partial charge in [-0.05, 0) is 56.2 Å². The molecule has 1 rings (SSSR count). The number of rotatable bonds is 5. The summed E-state index contributed by atoms with van der Waals surface area (Å²) in [5.41, 5.74) is 3.31. The first-order valence-electron chi connectivity index (χ1n) is 6.34. The van der Waals surface area contributed by atoms with Gasteiger partial charge in [0, 0.05) is 0 Å². The smallest absolute Gasteiger partial charge is 0.236 e. The van der Waals surface area contributed by atoms with Crippen molar-refractivity contribution in [1.29, 1.82) is 0 Å². The van der Waals surface area contributed by atoms with Crippen LogP contribution in [0, 0.1) is 13.8 Å². The van der Waals surface area contributed by atoms with E-state index in [1.807, 2.05) is 39.0 Å². The largest absolute Gasteiger partial charge is 0.239 e. The van der Waals surface area contributed by atoms with Crippen LogP contribution >= 0.6 is 0 Å². The van der Waals surface area contributed by atoms with Crippen molar-refractivity contribution in [2.24, 2.45) is 0 Å². The Balaban J connectivity index is 3.47. The molecular weight excluding hydrogens is 270 g/mol. The summed E-state index contributed by atoms with van der Waals surface area (Å²) in [6.45, 7) is 9.53. The van der Waals surface area contributed by atoms with Crippen LogP contribution in [0.4, 0.5) is 5.69 Å². The molecule has 0 bridgehead atoms. The molecule has 4 heteroatoms. The summed E-state index contributed by atoms with van der Waals surface area (Å²) < 4.78 is 25.5. The lowest BCUT2D eigenvalue weighted by molar-refractivity contribution is 0.601. The molecule has 108 valence electrons. The van der Waals surface area contributed by atoms with Gasteiger partial charge in [-0.25, -0.2) is 12.7 Å². The Morgan fingerprint density at radius 3 is 2.35 bits per heavy atom. The standard InChI is InChI=1S/C16H21NO2S/c1-6-8-9-15(7-2)17(20(5,18)19)16-11-10-13(3)14(4)12-16/h6-12H,2H2,1,3-5H3/b8-6-,15-9+. The molecule has 0 atom stereocenters. The van der Waals surface area contributed by atoms with E-state index in [2.05, 4.69) is 6.58 Å².